The lowest BCUT2D eigenvalue weighted by atomic mass is 10.1. The highest BCUT2D eigenvalue weighted by Crippen LogP contribution is 2.04. The second-order valence-electron chi connectivity index (χ2n) is 2.40. The van der Waals surface area contributed by atoms with Gasteiger partial charge in [0.1, 0.15) is 12.1 Å². The molecule has 0 spiro atoms. The Labute approximate surface area is 78.1 Å². The summed E-state index contributed by atoms with van der Waals surface area (Å²) in [5, 5.41) is 0. The predicted octanol–water partition coefficient (Wildman–Crippen LogP) is -0.131. The first-order valence-corrected chi connectivity index (χ1v) is 3.81. The Bertz CT molecular complexity index is 222. The molecule has 0 amide bonds. The van der Waals surface area contributed by atoms with Crippen LogP contribution in [0.15, 0.2) is 28.7 Å². The van der Waals surface area contributed by atoms with E-state index in [1.54, 1.807) is 20.0 Å². The molecule has 5 nitrogen and oxygen atoms in total. The van der Waals surface area contributed by atoms with Crippen molar-refractivity contribution in [3.05, 3.63) is 23.7 Å². The van der Waals surface area contributed by atoms with Crippen molar-refractivity contribution in [3.63, 3.8) is 0 Å². The lowest BCUT2D eigenvalue weighted by Gasteiger charge is -2.08. The van der Waals surface area contributed by atoms with Crippen LogP contribution in [0.3, 0.4) is 0 Å². The van der Waals surface area contributed by atoms with E-state index in [4.69, 9.17) is 16.3 Å². The van der Waals surface area contributed by atoms with Crippen molar-refractivity contribution >= 4 is 6.72 Å². The van der Waals surface area contributed by atoms with Crippen LogP contribution >= 0.6 is 0 Å². The molecular weight excluding hydrogens is 168 g/mol. The van der Waals surface area contributed by atoms with Gasteiger partial charge >= 0.3 is 0 Å². The fourth-order valence-electron chi connectivity index (χ4n) is 0.632. The van der Waals surface area contributed by atoms with Crippen molar-refractivity contribution in [3.8, 4) is 0 Å². The third-order valence-electron chi connectivity index (χ3n) is 1.55. The fourth-order valence-corrected chi connectivity index (χ4v) is 0.632. The standard InChI is InChI=1S/C8H16N4O/c1-6(8(10)11-2)7(9)4-5-13-12-3/h4-5,7,12H,2,9-10H2,1,3H3/b5-4+,8-6-. The van der Waals surface area contributed by atoms with E-state index in [0.717, 1.165) is 5.57 Å². The van der Waals surface area contributed by atoms with E-state index in [-0.39, 0.29) is 6.04 Å². The highest BCUT2D eigenvalue weighted by molar-refractivity contribution is 5.31. The average Bonchev–Trinajstić information content (AvgIpc) is 2.15. The molecule has 5 heteroatoms. The Morgan fingerprint density at radius 1 is 1.69 bits per heavy atom. The van der Waals surface area contributed by atoms with Gasteiger partial charge in [-0.3, -0.25) is 0 Å². The SMILES string of the molecule is C=N/C(N)=C(/C)C(N)/C=C/ONC. The zero-order valence-electron chi connectivity index (χ0n) is 7.95. The molecule has 0 bridgehead atoms. The van der Waals surface area contributed by atoms with Gasteiger partial charge in [-0.15, -0.1) is 0 Å². The summed E-state index contributed by atoms with van der Waals surface area (Å²) in [5.41, 5.74) is 14.5. The van der Waals surface area contributed by atoms with Crippen molar-refractivity contribution in [1.29, 1.82) is 0 Å². The van der Waals surface area contributed by atoms with E-state index in [2.05, 4.69) is 17.2 Å². The summed E-state index contributed by atoms with van der Waals surface area (Å²) in [4.78, 5) is 8.32. The monoisotopic (exact) mass is 184 g/mol. The summed E-state index contributed by atoms with van der Waals surface area (Å²) in [7, 11) is 1.65. The van der Waals surface area contributed by atoms with E-state index in [0.29, 0.717) is 5.82 Å². The molecule has 0 saturated carbocycles. The van der Waals surface area contributed by atoms with Crippen LogP contribution in [0, 0.1) is 0 Å². The van der Waals surface area contributed by atoms with Crippen molar-refractivity contribution in [2.45, 2.75) is 13.0 Å². The van der Waals surface area contributed by atoms with Crippen molar-refractivity contribution in [2.24, 2.45) is 16.5 Å². The molecule has 1 atom stereocenters. The smallest absolute Gasteiger partial charge is 0.123 e. The number of rotatable bonds is 5. The first kappa shape index (κ1) is 11.7. The number of nitrogens with one attached hydrogen (secondary N) is 1. The predicted molar refractivity (Wildman–Crippen MR) is 53.7 cm³/mol. The quantitative estimate of drug-likeness (QED) is 0.315. The maximum atomic E-state index is 5.71. The number of hydrogen-bond donors (Lipinski definition) is 3. The van der Waals surface area contributed by atoms with E-state index in [1.165, 1.54) is 6.26 Å². The van der Waals surface area contributed by atoms with E-state index >= 15 is 0 Å². The number of hydroxylamine groups is 1. The molecule has 0 aliphatic rings. The number of aliphatic imine (C=N–C) groups is 1. The Kier molecular flexibility index (Phi) is 5.58. The van der Waals surface area contributed by atoms with Gasteiger partial charge in [-0.1, -0.05) is 0 Å². The summed E-state index contributed by atoms with van der Waals surface area (Å²) in [6.07, 6.45) is 3.11. The van der Waals surface area contributed by atoms with Gasteiger partial charge in [0.15, 0.2) is 0 Å². The molecule has 13 heavy (non-hydrogen) atoms. The molecule has 0 rings (SSSR count). The first-order valence-electron chi connectivity index (χ1n) is 3.81. The van der Waals surface area contributed by atoms with Crippen molar-refractivity contribution in [1.82, 2.24) is 5.48 Å². The van der Waals surface area contributed by atoms with Crippen LogP contribution in [0.4, 0.5) is 0 Å². The molecule has 0 aromatic rings. The molecule has 0 fully saturated rings. The Morgan fingerprint density at radius 2 is 2.31 bits per heavy atom. The second-order valence-corrected chi connectivity index (χ2v) is 2.40. The van der Waals surface area contributed by atoms with Crippen LogP contribution in [0.1, 0.15) is 6.92 Å². The van der Waals surface area contributed by atoms with Crippen molar-refractivity contribution in [2.75, 3.05) is 7.05 Å². The average molecular weight is 184 g/mol. The maximum absolute atomic E-state index is 5.71. The summed E-state index contributed by atoms with van der Waals surface area (Å²) in [6, 6.07) is -0.307. The molecule has 0 aliphatic carbocycles. The lowest BCUT2D eigenvalue weighted by Crippen LogP contribution is -2.21. The molecule has 1 unspecified atom stereocenters. The minimum absolute atomic E-state index is 0.307. The summed E-state index contributed by atoms with van der Waals surface area (Å²) in [5.74, 6) is 0.349. The Hall–Kier alpha value is -1.33. The van der Waals surface area contributed by atoms with Gasteiger partial charge in [-0.2, -0.15) is 5.48 Å². The van der Waals surface area contributed by atoms with Crippen LogP contribution in [-0.4, -0.2) is 19.8 Å². The Balaban J connectivity index is 4.26. The van der Waals surface area contributed by atoms with Gasteiger partial charge in [0, 0.05) is 7.05 Å². The number of nitrogens with two attached hydrogens (primary N) is 2. The van der Waals surface area contributed by atoms with Crippen LogP contribution in [0.2, 0.25) is 0 Å². The summed E-state index contributed by atoms with van der Waals surface area (Å²) >= 11 is 0. The fraction of sp³-hybridized carbons (Fsp3) is 0.375. The molecule has 0 heterocycles. The third-order valence-corrected chi connectivity index (χ3v) is 1.55. The highest BCUT2D eigenvalue weighted by atomic mass is 16.6. The molecule has 0 saturated heterocycles. The van der Waals surface area contributed by atoms with E-state index in [9.17, 15) is 0 Å². The molecule has 74 valence electrons. The third kappa shape index (κ3) is 4.29. The zero-order chi connectivity index (χ0) is 10.3. The summed E-state index contributed by atoms with van der Waals surface area (Å²) in [6.45, 7) is 5.09. The van der Waals surface area contributed by atoms with Crippen LogP contribution in [0.25, 0.3) is 0 Å². The van der Waals surface area contributed by atoms with Gasteiger partial charge in [0.25, 0.3) is 0 Å². The Morgan fingerprint density at radius 3 is 2.77 bits per heavy atom. The number of hydrogen-bond acceptors (Lipinski definition) is 5. The maximum Gasteiger partial charge on any atom is 0.123 e. The molecular formula is C8H16N4O. The minimum atomic E-state index is -0.307. The minimum Gasteiger partial charge on any atom is -0.417 e. The van der Waals surface area contributed by atoms with Gasteiger partial charge in [0.05, 0.1) is 6.04 Å². The van der Waals surface area contributed by atoms with Gasteiger partial charge < -0.3 is 16.3 Å². The molecule has 0 aromatic heterocycles. The highest BCUT2D eigenvalue weighted by Gasteiger charge is 2.03. The van der Waals surface area contributed by atoms with Gasteiger partial charge in [-0.25, -0.2) is 4.99 Å². The molecule has 0 aliphatic heterocycles. The van der Waals surface area contributed by atoms with Crippen LogP contribution in [-0.2, 0) is 4.84 Å². The second kappa shape index (κ2) is 6.22. The van der Waals surface area contributed by atoms with E-state index < -0.39 is 0 Å². The van der Waals surface area contributed by atoms with Crippen LogP contribution in [0.5, 0.6) is 0 Å². The van der Waals surface area contributed by atoms with Crippen molar-refractivity contribution < 1.29 is 4.84 Å². The zero-order valence-corrected chi connectivity index (χ0v) is 7.95. The molecule has 0 radical (unpaired) electrons. The van der Waals surface area contributed by atoms with Crippen LogP contribution < -0.4 is 16.9 Å². The topological polar surface area (TPSA) is 85.7 Å². The molecule has 0 aromatic carbocycles. The first-order chi connectivity index (χ1) is 6.13. The van der Waals surface area contributed by atoms with E-state index in [1.807, 2.05) is 0 Å². The lowest BCUT2D eigenvalue weighted by molar-refractivity contribution is 0.157. The summed E-state index contributed by atoms with van der Waals surface area (Å²) < 4.78 is 0. The van der Waals surface area contributed by atoms with Gasteiger partial charge in [0.2, 0.25) is 0 Å². The van der Waals surface area contributed by atoms with Gasteiger partial charge in [-0.05, 0) is 25.3 Å². The number of nitrogens with zero attached hydrogens (tertiary/aromatic N) is 1. The largest absolute Gasteiger partial charge is 0.417 e. The molecule has 5 N–H and O–H groups in total. The normalized spacial score (nSPS) is 15.3.